The molecule has 0 N–H and O–H groups in total. The number of aryl methyl sites for hydroxylation is 1. The number of rotatable bonds is 5. The van der Waals surface area contributed by atoms with Crippen molar-refractivity contribution in [1.82, 2.24) is 14.9 Å². The molecule has 6 nitrogen and oxygen atoms in total. The highest BCUT2D eigenvalue weighted by molar-refractivity contribution is 5.95. The monoisotopic (exact) mass is 446 g/mol. The number of benzene rings is 1. The molecule has 1 aliphatic carbocycles. The molecule has 1 aromatic carbocycles. The van der Waals surface area contributed by atoms with Gasteiger partial charge in [-0.3, -0.25) is 14.5 Å². The van der Waals surface area contributed by atoms with Crippen molar-refractivity contribution in [3.05, 3.63) is 53.0 Å². The first-order valence-electron chi connectivity index (χ1n) is 12.6. The Morgan fingerprint density at radius 1 is 1.03 bits per heavy atom. The summed E-state index contributed by atoms with van der Waals surface area (Å²) in [6.45, 7) is 4.15. The second-order valence-electron chi connectivity index (χ2n) is 9.86. The van der Waals surface area contributed by atoms with Crippen molar-refractivity contribution in [2.45, 2.75) is 70.6 Å². The molecule has 3 aliphatic rings. The normalized spacial score (nSPS) is 21.4. The molecule has 33 heavy (non-hydrogen) atoms. The molecule has 0 bridgehead atoms. The lowest BCUT2D eigenvalue weighted by Gasteiger charge is -2.30. The van der Waals surface area contributed by atoms with Crippen LogP contribution in [0.2, 0.25) is 0 Å². The van der Waals surface area contributed by atoms with Crippen LogP contribution in [-0.2, 0) is 22.4 Å². The zero-order valence-corrected chi connectivity index (χ0v) is 19.6. The van der Waals surface area contributed by atoms with E-state index in [0.717, 1.165) is 55.1 Å². The molecule has 3 heterocycles. The molecule has 1 saturated heterocycles. The van der Waals surface area contributed by atoms with Crippen LogP contribution in [0.15, 0.2) is 30.3 Å². The zero-order valence-electron chi connectivity index (χ0n) is 19.6. The number of fused-ring (bicyclic) bond motifs is 1. The summed E-state index contributed by atoms with van der Waals surface area (Å²) in [5, 5.41) is 0. The van der Waals surface area contributed by atoms with Crippen LogP contribution in [0.25, 0.3) is 0 Å². The topological polar surface area (TPSA) is 66.4 Å². The SMILES string of the molecule is Cc1nc([C@@H]2CCN(C(=O)C3CCCCC3)C2)nc2c1CCC(=O)N2CCc1ccccc1. The average Bonchev–Trinajstić information content (AvgIpc) is 3.34. The van der Waals surface area contributed by atoms with Gasteiger partial charge in [0.2, 0.25) is 11.8 Å². The second-order valence-corrected chi connectivity index (χ2v) is 9.86. The molecule has 2 fully saturated rings. The molecular weight excluding hydrogens is 412 g/mol. The van der Waals surface area contributed by atoms with Gasteiger partial charge in [-0.05, 0) is 44.6 Å². The fourth-order valence-electron chi connectivity index (χ4n) is 5.68. The van der Waals surface area contributed by atoms with E-state index in [9.17, 15) is 9.59 Å². The lowest BCUT2D eigenvalue weighted by molar-refractivity contribution is -0.135. The van der Waals surface area contributed by atoms with Gasteiger partial charge in [0, 0.05) is 49.1 Å². The first kappa shape index (κ1) is 22.1. The van der Waals surface area contributed by atoms with Gasteiger partial charge in [-0.25, -0.2) is 9.97 Å². The standard InChI is InChI=1S/C27H34N4O2/c1-19-23-12-13-24(32)31(17-14-20-8-4-2-5-9-20)26(23)29-25(28-19)22-15-16-30(18-22)27(33)21-10-6-3-7-11-21/h2,4-5,8-9,21-22H,3,6-7,10-18H2,1H3/t22-/m1/s1. The zero-order chi connectivity index (χ0) is 22.8. The van der Waals surface area contributed by atoms with Gasteiger partial charge in [0.15, 0.2) is 0 Å². The third kappa shape index (κ3) is 4.66. The number of hydrogen-bond donors (Lipinski definition) is 0. The van der Waals surface area contributed by atoms with E-state index in [1.54, 1.807) is 0 Å². The summed E-state index contributed by atoms with van der Waals surface area (Å²) in [5.41, 5.74) is 3.29. The first-order valence-corrected chi connectivity index (χ1v) is 12.6. The van der Waals surface area contributed by atoms with E-state index in [0.29, 0.717) is 31.8 Å². The minimum atomic E-state index is 0.142. The van der Waals surface area contributed by atoms with Gasteiger partial charge in [-0.1, -0.05) is 49.6 Å². The smallest absolute Gasteiger partial charge is 0.228 e. The highest BCUT2D eigenvalue weighted by Gasteiger charge is 2.35. The van der Waals surface area contributed by atoms with Crippen LogP contribution in [0.5, 0.6) is 0 Å². The Morgan fingerprint density at radius 2 is 1.82 bits per heavy atom. The fraction of sp³-hybridized carbons (Fsp3) is 0.556. The summed E-state index contributed by atoms with van der Waals surface area (Å²) in [4.78, 5) is 39.6. The van der Waals surface area contributed by atoms with Crippen LogP contribution in [0, 0.1) is 12.8 Å². The first-order chi connectivity index (χ1) is 16.1. The van der Waals surface area contributed by atoms with Crippen molar-refractivity contribution >= 4 is 17.6 Å². The second kappa shape index (κ2) is 9.62. The van der Waals surface area contributed by atoms with Crippen molar-refractivity contribution in [2.24, 2.45) is 5.92 Å². The van der Waals surface area contributed by atoms with Gasteiger partial charge in [0.05, 0.1) is 0 Å². The largest absolute Gasteiger partial charge is 0.342 e. The molecule has 2 aromatic rings. The molecule has 2 aliphatic heterocycles. The van der Waals surface area contributed by atoms with Crippen molar-refractivity contribution in [3.63, 3.8) is 0 Å². The van der Waals surface area contributed by atoms with Crippen LogP contribution in [0.3, 0.4) is 0 Å². The number of aromatic nitrogens is 2. The van der Waals surface area contributed by atoms with E-state index in [1.165, 1.54) is 24.8 Å². The van der Waals surface area contributed by atoms with Crippen LogP contribution >= 0.6 is 0 Å². The predicted octanol–water partition coefficient (Wildman–Crippen LogP) is 4.20. The summed E-state index contributed by atoms with van der Waals surface area (Å²) in [6.07, 6.45) is 8.60. The molecule has 1 atom stereocenters. The quantitative estimate of drug-likeness (QED) is 0.690. The number of nitrogens with zero attached hydrogens (tertiary/aromatic N) is 4. The maximum atomic E-state index is 13.0. The average molecular weight is 447 g/mol. The molecule has 1 aromatic heterocycles. The molecule has 0 spiro atoms. The van der Waals surface area contributed by atoms with Gasteiger partial charge < -0.3 is 4.90 Å². The lowest BCUT2D eigenvalue weighted by Crippen LogP contribution is -2.38. The minimum absolute atomic E-state index is 0.142. The molecule has 2 amide bonds. The maximum absolute atomic E-state index is 13.0. The Balaban J connectivity index is 1.33. The molecular formula is C27H34N4O2. The van der Waals surface area contributed by atoms with E-state index in [1.807, 2.05) is 34.9 Å². The molecule has 6 heteroatoms. The third-order valence-electron chi connectivity index (χ3n) is 7.64. The maximum Gasteiger partial charge on any atom is 0.228 e. The summed E-state index contributed by atoms with van der Waals surface area (Å²) >= 11 is 0. The Morgan fingerprint density at radius 3 is 2.61 bits per heavy atom. The predicted molar refractivity (Wildman–Crippen MR) is 128 cm³/mol. The molecule has 5 rings (SSSR count). The Hall–Kier alpha value is -2.76. The Labute approximate surface area is 196 Å². The van der Waals surface area contributed by atoms with Gasteiger partial charge in [0.25, 0.3) is 0 Å². The van der Waals surface area contributed by atoms with E-state index in [4.69, 9.17) is 9.97 Å². The summed E-state index contributed by atoms with van der Waals surface area (Å²) in [7, 11) is 0. The summed E-state index contributed by atoms with van der Waals surface area (Å²) in [5.74, 6) is 2.41. The van der Waals surface area contributed by atoms with E-state index >= 15 is 0 Å². The molecule has 0 radical (unpaired) electrons. The van der Waals surface area contributed by atoms with Gasteiger partial charge >= 0.3 is 0 Å². The Kier molecular flexibility index (Phi) is 6.43. The van der Waals surface area contributed by atoms with E-state index in [2.05, 4.69) is 12.1 Å². The number of carbonyl (C=O) groups is 2. The summed E-state index contributed by atoms with van der Waals surface area (Å²) in [6, 6.07) is 10.3. The number of carbonyl (C=O) groups excluding carboxylic acids is 2. The number of hydrogen-bond acceptors (Lipinski definition) is 4. The fourth-order valence-corrected chi connectivity index (χ4v) is 5.68. The van der Waals surface area contributed by atoms with E-state index < -0.39 is 0 Å². The molecule has 0 unspecified atom stereocenters. The minimum Gasteiger partial charge on any atom is -0.342 e. The highest BCUT2D eigenvalue weighted by Crippen LogP contribution is 2.34. The van der Waals surface area contributed by atoms with Gasteiger partial charge in [0.1, 0.15) is 11.6 Å². The van der Waals surface area contributed by atoms with Crippen LogP contribution in [-0.4, -0.2) is 46.3 Å². The van der Waals surface area contributed by atoms with E-state index in [-0.39, 0.29) is 17.7 Å². The number of anilines is 1. The van der Waals surface area contributed by atoms with Crippen molar-refractivity contribution in [2.75, 3.05) is 24.5 Å². The van der Waals surface area contributed by atoms with Crippen LogP contribution in [0.4, 0.5) is 5.82 Å². The van der Waals surface area contributed by atoms with Crippen molar-refractivity contribution < 1.29 is 9.59 Å². The Bertz CT molecular complexity index is 1020. The molecule has 1 saturated carbocycles. The number of likely N-dealkylation sites (tertiary alicyclic amines) is 1. The lowest BCUT2D eigenvalue weighted by atomic mass is 9.88. The highest BCUT2D eigenvalue weighted by atomic mass is 16.2. The van der Waals surface area contributed by atoms with Gasteiger partial charge in [-0.15, -0.1) is 0 Å². The van der Waals surface area contributed by atoms with Crippen LogP contribution < -0.4 is 4.90 Å². The molecule has 174 valence electrons. The van der Waals surface area contributed by atoms with Crippen molar-refractivity contribution in [1.29, 1.82) is 0 Å². The summed E-state index contributed by atoms with van der Waals surface area (Å²) < 4.78 is 0. The third-order valence-corrected chi connectivity index (χ3v) is 7.64. The van der Waals surface area contributed by atoms with Crippen LogP contribution in [0.1, 0.15) is 73.5 Å². The van der Waals surface area contributed by atoms with Crippen molar-refractivity contribution in [3.8, 4) is 0 Å². The van der Waals surface area contributed by atoms with Gasteiger partial charge in [-0.2, -0.15) is 0 Å². The number of amides is 2.